The molecule has 17 heavy (non-hydrogen) atoms. The lowest BCUT2D eigenvalue weighted by Gasteiger charge is -2.40. The van der Waals surface area contributed by atoms with Crippen LogP contribution in [0.5, 0.6) is 0 Å². The Hall–Kier alpha value is -1.65. The number of aromatic nitrogens is 2. The summed E-state index contributed by atoms with van der Waals surface area (Å²) in [6.07, 6.45) is 4.99. The Morgan fingerprint density at radius 2 is 2.35 bits per heavy atom. The molecule has 1 aliphatic carbocycles. The second-order valence-corrected chi connectivity index (χ2v) is 4.80. The molecule has 0 aliphatic heterocycles. The van der Waals surface area contributed by atoms with E-state index in [2.05, 4.69) is 15.3 Å². The molecule has 5 heteroatoms. The molecule has 1 saturated carbocycles. The maximum atomic E-state index is 10.8. The summed E-state index contributed by atoms with van der Waals surface area (Å²) in [4.78, 5) is 19.2. The molecule has 0 amide bonds. The predicted octanol–water partition coefficient (Wildman–Crippen LogP) is 1.84. The van der Waals surface area contributed by atoms with Crippen molar-refractivity contribution in [3.05, 3.63) is 18.0 Å². The summed E-state index contributed by atoms with van der Waals surface area (Å²) in [5, 5.41) is 12.0. The fourth-order valence-corrected chi connectivity index (χ4v) is 2.21. The Kier molecular flexibility index (Phi) is 3.26. The molecule has 1 aromatic rings. The molecule has 0 saturated heterocycles. The van der Waals surface area contributed by atoms with Crippen molar-refractivity contribution < 1.29 is 9.90 Å². The molecule has 1 aliphatic rings. The van der Waals surface area contributed by atoms with Gasteiger partial charge in [-0.3, -0.25) is 4.79 Å². The Labute approximate surface area is 100 Å². The highest BCUT2D eigenvalue weighted by Gasteiger charge is 2.38. The molecule has 2 rings (SSSR count). The van der Waals surface area contributed by atoms with Crippen molar-refractivity contribution in [3.63, 3.8) is 0 Å². The Morgan fingerprint density at radius 1 is 1.59 bits per heavy atom. The molecule has 92 valence electrons. The van der Waals surface area contributed by atoms with Crippen LogP contribution < -0.4 is 5.32 Å². The van der Waals surface area contributed by atoms with Gasteiger partial charge in [0.2, 0.25) is 5.95 Å². The predicted molar refractivity (Wildman–Crippen MR) is 63.8 cm³/mol. The average Bonchev–Trinajstić information content (AvgIpc) is 2.21. The second kappa shape index (κ2) is 4.69. The Bertz CT molecular complexity index is 416. The van der Waals surface area contributed by atoms with Gasteiger partial charge in [0.1, 0.15) is 0 Å². The second-order valence-electron chi connectivity index (χ2n) is 4.80. The summed E-state index contributed by atoms with van der Waals surface area (Å²) in [7, 11) is 0. The fraction of sp³-hybridized carbons (Fsp3) is 0.583. The van der Waals surface area contributed by atoms with Crippen LogP contribution in [-0.4, -0.2) is 27.6 Å². The summed E-state index contributed by atoms with van der Waals surface area (Å²) in [5.41, 5.74) is 0.808. The van der Waals surface area contributed by atoms with E-state index in [0.29, 0.717) is 12.5 Å². The molecular formula is C12H17N3O2. The molecule has 0 spiro atoms. The topological polar surface area (TPSA) is 75.1 Å². The first-order valence-corrected chi connectivity index (χ1v) is 5.85. The molecule has 0 unspecified atom stereocenters. The Balaban J connectivity index is 1.94. The minimum Gasteiger partial charge on any atom is -0.481 e. The number of anilines is 1. The third-order valence-corrected chi connectivity index (χ3v) is 3.36. The molecule has 0 bridgehead atoms. The average molecular weight is 235 g/mol. The van der Waals surface area contributed by atoms with E-state index in [1.165, 1.54) is 0 Å². The van der Waals surface area contributed by atoms with Gasteiger partial charge in [-0.05, 0) is 31.2 Å². The van der Waals surface area contributed by atoms with Crippen molar-refractivity contribution in [3.8, 4) is 0 Å². The lowest BCUT2D eigenvalue weighted by atomic mass is 9.66. The molecule has 0 atom stereocenters. The van der Waals surface area contributed by atoms with Crippen LogP contribution in [0.1, 0.15) is 31.4 Å². The zero-order valence-corrected chi connectivity index (χ0v) is 9.94. The smallest absolute Gasteiger partial charge is 0.303 e. The number of nitrogens with zero attached hydrogens (tertiary/aromatic N) is 2. The molecular weight excluding hydrogens is 218 g/mol. The number of carboxylic acids is 1. The van der Waals surface area contributed by atoms with E-state index >= 15 is 0 Å². The third-order valence-electron chi connectivity index (χ3n) is 3.36. The van der Waals surface area contributed by atoms with Crippen LogP contribution in [0.4, 0.5) is 5.95 Å². The summed E-state index contributed by atoms with van der Waals surface area (Å²) in [6, 6.07) is 1.83. The van der Waals surface area contributed by atoms with Gasteiger partial charge in [0.15, 0.2) is 0 Å². The zero-order valence-electron chi connectivity index (χ0n) is 9.94. The Morgan fingerprint density at radius 3 is 2.88 bits per heavy atom. The zero-order chi connectivity index (χ0) is 12.3. The largest absolute Gasteiger partial charge is 0.481 e. The molecule has 0 aromatic carbocycles. The van der Waals surface area contributed by atoms with Gasteiger partial charge < -0.3 is 10.4 Å². The van der Waals surface area contributed by atoms with Gasteiger partial charge in [0.05, 0.1) is 6.42 Å². The molecule has 1 fully saturated rings. The first kappa shape index (κ1) is 11.8. The number of carbonyl (C=O) groups is 1. The molecule has 2 N–H and O–H groups in total. The summed E-state index contributed by atoms with van der Waals surface area (Å²) < 4.78 is 0. The van der Waals surface area contributed by atoms with Gasteiger partial charge >= 0.3 is 5.97 Å². The van der Waals surface area contributed by atoms with Gasteiger partial charge in [-0.1, -0.05) is 6.42 Å². The van der Waals surface area contributed by atoms with E-state index in [1.807, 2.05) is 13.0 Å². The number of rotatable bonds is 5. The quantitative estimate of drug-likeness (QED) is 0.814. The van der Waals surface area contributed by atoms with Gasteiger partial charge in [-0.15, -0.1) is 0 Å². The van der Waals surface area contributed by atoms with Gasteiger partial charge in [0, 0.05) is 18.4 Å². The lowest BCUT2D eigenvalue weighted by molar-refractivity contribution is -0.141. The van der Waals surface area contributed by atoms with Crippen molar-refractivity contribution in [2.75, 3.05) is 11.9 Å². The summed E-state index contributed by atoms with van der Waals surface area (Å²) in [5.74, 6) is -0.140. The van der Waals surface area contributed by atoms with Crippen LogP contribution in [0.2, 0.25) is 0 Å². The van der Waals surface area contributed by atoms with Crippen LogP contribution in [0.3, 0.4) is 0 Å². The highest BCUT2D eigenvalue weighted by atomic mass is 16.4. The van der Waals surface area contributed by atoms with Gasteiger partial charge in [-0.25, -0.2) is 9.97 Å². The number of carboxylic acid groups (broad SMARTS) is 1. The molecule has 0 radical (unpaired) electrons. The number of hydrogen-bond donors (Lipinski definition) is 2. The number of nitrogens with one attached hydrogen (secondary N) is 1. The maximum absolute atomic E-state index is 10.8. The SMILES string of the molecule is Cc1ccnc(NCC2(CC(=O)O)CCC2)n1. The van der Waals surface area contributed by atoms with E-state index in [4.69, 9.17) is 5.11 Å². The number of aliphatic carboxylic acids is 1. The van der Waals surface area contributed by atoms with Crippen molar-refractivity contribution in [1.82, 2.24) is 9.97 Å². The van der Waals surface area contributed by atoms with E-state index in [0.717, 1.165) is 25.0 Å². The van der Waals surface area contributed by atoms with E-state index in [-0.39, 0.29) is 11.8 Å². The minimum atomic E-state index is -0.725. The van der Waals surface area contributed by atoms with Crippen molar-refractivity contribution in [2.24, 2.45) is 5.41 Å². The monoisotopic (exact) mass is 235 g/mol. The third kappa shape index (κ3) is 2.93. The van der Waals surface area contributed by atoms with E-state index in [1.54, 1.807) is 6.20 Å². The first-order chi connectivity index (χ1) is 8.10. The van der Waals surface area contributed by atoms with Crippen LogP contribution >= 0.6 is 0 Å². The normalized spacial score (nSPS) is 17.2. The molecule has 5 nitrogen and oxygen atoms in total. The van der Waals surface area contributed by atoms with Crippen LogP contribution in [0.25, 0.3) is 0 Å². The molecule has 1 aromatic heterocycles. The standard InChI is InChI=1S/C12H17N3O2/c1-9-3-6-13-11(15-9)14-8-12(4-2-5-12)7-10(16)17/h3,6H,2,4-5,7-8H2,1H3,(H,16,17)(H,13,14,15). The lowest BCUT2D eigenvalue weighted by Crippen LogP contribution is -2.38. The van der Waals surface area contributed by atoms with Gasteiger partial charge in [0.25, 0.3) is 0 Å². The van der Waals surface area contributed by atoms with Crippen molar-refractivity contribution in [1.29, 1.82) is 0 Å². The minimum absolute atomic E-state index is 0.0983. The maximum Gasteiger partial charge on any atom is 0.303 e. The van der Waals surface area contributed by atoms with E-state index in [9.17, 15) is 4.79 Å². The van der Waals surface area contributed by atoms with Crippen LogP contribution in [0.15, 0.2) is 12.3 Å². The van der Waals surface area contributed by atoms with Crippen LogP contribution in [0, 0.1) is 12.3 Å². The van der Waals surface area contributed by atoms with Crippen molar-refractivity contribution >= 4 is 11.9 Å². The van der Waals surface area contributed by atoms with Gasteiger partial charge in [-0.2, -0.15) is 0 Å². The van der Waals surface area contributed by atoms with Crippen LogP contribution in [-0.2, 0) is 4.79 Å². The highest BCUT2D eigenvalue weighted by Crippen LogP contribution is 2.43. The fourth-order valence-electron chi connectivity index (χ4n) is 2.21. The molecule has 1 heterocycles. The summed E-state index contributed by atoms with van der Waals surface area (Å²) >= 11 is 0. The number of aryl methyl sites for hydroxylation is 1. The summed E-state index contributed by atoms with van der Waals surface area (Å²) in [6.45, 7) is 2.55. The first-order valence-electron chi connectivity index (χ1n) is 5.85. The number of hydrogen-bond acceptors (Lipinski definition) is 4. The van der Waals surface area contributed by atoms with E-state index < -0.39 is 5.97 Å². The van der Waals surface area contributed by atoms with Crippen molar-refractivity contribution in [2.45, 2.75) is 32.6 Å². The highest BCUT2D eigenvalue weighted by molar-refractivity contribution is 5.68.